The third-order valence-electron chi connectivity index (χ3n) is 4.45. The molecule has 0 aliphatic heterocycles. The highest BCUT2D eigenvalue weighted by Gasteiger charge is 2.53. The summed E-state index contributed by atoms with van der Waals surface area (Å²) in [6.07, 6.45) is 5.23. The van der Waals surface area contributed by atoms with Crippen LogP contribution in [0.5, 0.6) is 0 Å². The van der Waals surface area contributed by atoms with E-state index in [0.29, 0.717) is 11.5 Å². The van der Waals surface area contributed by atoms with Gasteiger partial charge in [0.15, 0.2) is 0 Å². The predicted molar refractivity (Wildman–Crippen MR) is 70.0 cm³/mol. The minimum Gasteiger partial charge on any atom is -0.324 e. The van der Waals surface area contributed by atoms with Gasteiger partial charge < -0.3 is 5.73 Å². The molecule has 2 saturated carbocycles. The first kappa shape index (κ1) is 11.7. The monoisotopic (exact) mass is 297 g/mol. The molecule has 17 heavy (non-hydrogen) atoms. The van der Waals surface area contributed by atoms with Gasteiger partial charge in [0.1, 0.15) is 5.82 Å². The maximum atomic E-state index is 13.8. The van der Waals surface area contributed by atoms with Crippen molar-refractivity contribution in [2.24, 2.45) is 23.5 Å². The number of fused-ring (bicyclic) bond motifs is 1. The summed E-state index contributed by atoms with van der Waals surface area (Å²) in [5, 5.41) is 0. The Kier molecular flexibility index (Phi) is 2.99. The van der Waals surface area contributed by atoms with E-state index in [4.69, 9.17) is 5.73 Å². The number of nitrogens with two attached hydrogens (primary N) is 1. The lowest BCUT2D eigenvalue weighted by Gasteiger charge is -2.13. The van der Waals surface area contributed by atoms with Gasteiger partial charge in [-0.15, -0.1) is 0 Å². The summed E-state index contributed by atoms with van der Waals surface area (Å²) in [5.41, 5.74) is 6.95. The van der Waals surface area contributed by atoms with E-state index in [1.54, 1.807) is 6.07 Å². The van der Waals surface area contributed by atoms with Crippen LogP contribution in [0.4, 0.5) is 4.39 Å². The quantitative estimate of drug-likeness (QED) is 0.876. The first-order valence-corrected chi connectivity index (χ1v) is 7.18. The van der Waals surface area contributed by atoms with Crippen LogP contribution in [0.2, 0.25) is 0 Å². The molecule has 0 heterocycles. The van der Waals surface area contributed by atoms with Gasteiger partial charge in [-0.25, -0.2) is 4.39 Å². The largest absolute Gasteiger partial charge is 0.324 e. The normalized spacial score (nSPS) is 33.0. The lowest BCUT2D eigenvalue weighted by Crippen LogP contribution is -2.16. The molecule has 2 fully saturated rings. The number of halogens is 2. The summed E-state index contributed by atoms with van der Waals surface area (Å²) in [5.74, 6) is 1.87. The smallest absolute Gasteiger partial charge is 0.128 e. The van der Waals surface area contributed by atoms with E-state index in [0.717, 1.165) is 16.3 Å². The van der Waals surface area contributed by atoms with Crippen molar-refractivity contribution >= 4 is 15.9 Å². The average molecular weight is 298 g/mol. The van der Waals surface area contributed by atoms with Crippen molar-refractivity contribution in [2.45, 2.75) is 31.7 Å². The Bertz CT molecular complexity index is 422. The molecule has 92 valence electrons. The molecular weight excluding hydrogens is 281 g/mol. The van der Waals surface area contributed by atoms with Gasteiger partial charge in [0.05, 0.1) is 0 Å². The van der Waals surface area contributed by atoms with E-state index in [2.05, 4.69) is 15.9 Å². The van der Waals surface area contributed by atoms with Crippen LogP contribution in [0.3, 0.4) is 0 Å². The van der Waals surface area contributed by atoms with Crippen molar-refractivity contribution in [3.63, 3.8) is 0 Å². The molecule has 3 atom stereocenters. The third kappa shape index (κ3) is 2.04. The van der Waals surface area contributed by atoms with Crippen LogP contribution < -0.4 is 5.73 Å². The van der Waals surface area contributed by atoms with Crippen LogP contribution in [0.25, 0.3) is 0 Å². The molecule has 3 rings (SSSR count). The highest BCUT2D eigenvalue weighted by molar-refractivity contribution is 9.10. The van der Waals surface area contributed by atoms with Crippen LogP contribution in [0, 0.1) is 23.6 Å². The Balaban J connectivity index is 1.82. The molecule has 1 aromatic rings. The molecule has 1 aromatic carbocycles. The Morgan fingerprint density at radius 3 is 2.53 bits per heavy atom. The highest BCUT2D eigenvalue weighted by atomic mass is 79.9. The molecule has 0 spiro atoms. The second kappa shape index (κ2) is 4.36. The molecule has 0 saturated heterocycles. The summed E-state index contributed by atoms with van der Waals surface area (Å²) < 4.78 is 14.7. The van der Waals surface area contributed by atoms with Crippen molar-refractivity contribution in [1.82, 2.24) is 0 Å². The fourth-order valence-electron chi connectivity index (χ4n) is 3.56. The predicted octanol–water partition coefficient (Wildman–Crippen LogP) is 4.02. The van der Waals surface area contributed by atoms with E-state index in [1.807, 2.05) is 6.07 Å². The van der Waals surface area contributed by atoms with Crippen molar-refractivity contribution in [3.8, 4) is 0 Å². The summed E-state index contributed by atoms with van der Waals surface area (Å²) in [7, 11) is 0. The number of hydrogen-bond acceptors (Lipinski definition) is 1. The Morgan fingerprint density at radius 2 is 1.88 bits per heavy atom. The van der Waals surface area contributed by atoms with Gasteiger partial charge in [-0.2, -0.15) is 0 Å². The molecule has 3 unspecified atom stereocenters. The zero-order chi connectivity index (χ0) is 12.0. The Hall–Kier alpha value is -0.410. The van der Waals surface area contributed by atoms with E-state index < -0.39 is 0 Å². The van der Waals surface area contributed by atoms with E-state index in [9.17, 15) is 4.39 Å². The topological polar surface area (TPSA) is 26.0 Å². The lowest BCUT2D eigenvalue weighted by molar-refractivity contribution is 0.480. The van der Waals surface area contributed by atoms with Crippen LogP contribution in [0.1, 0.15) is 37.3 Å². The van der Waals surface area contributed by atoms with Gasteiger partial charge in [0.25, 0.3) is 0 Å². The van der Waals surface area contributed by atoms with Gasteiger partial charge in [-0.1, -0.05) is 28.8 Å². The number of benzene rings is 1. The van der Waals surface area contributed by atoms with Gasteiger partial charge in [-0.3, -0.25) is 0 Å². The lowest BCUT2D eigenvalue weighted by atomic mass is 10.0. The van der Waals surface area contributed by atoms with Crippen molar-refractivity contribution in [1.29, 1.82) is 0 Å². The number of hydrogen-bond donors (Lipinski definition) is 1. The van der Waals surface area contributed by atoms with Gasteiger partial charge in [0.2, 0.25) is 0 Å². The third-order valence-corrected chi connectivity index (χ3v) is 4.95. The van der Waals surface area contributed by atoms with Crippen LogP contribution >= 0.6 is 15.9 Å². The molecule has 1 nitrogen and oxygen atoms in total. The fraction of sp³-hybridized carbons (Fsp3) is 0.571. The van der Waals surface area contributed by atoms with Gasteiger partial charge in [-0.05, 0) is 48.8 Å². The maximum Gasteiger partial charge on any atom is 0.128 e. The minimum atomic E-state index is -0.163. The Labute approximate surface area is 110 Å². The highest BCUT2D eigenvalue weighted by Crippen LogP contribution is 2.59. The van der Waals surface area contributed by atoms with Gasteiger partial charge in [0, 0.05) is 16.1 Å². The summed E-state index contributed by atoms with van der Waals surface area (Å²) >= 11 is 3.39. The van der Waals surface area contributed by atoms with Crippen molar-refractivity contribution in [2.75, 3.05) is 0 Å². The molecule has 0 amide bonds. The summed E-state index contributed by atoms with van der Waals surface area (Å²) in [6, 6.07) is 4.95. The summed E-state index contributed by atoms with van der Waals surface area (Å²) in [4.78, 5) is 0. The molecule has 0 bridgehead atoms. The van der Waals surface area contributed by atoms with Crippen LogP contribution in [-0.2, 0) is 0 Å². The fourth-order valence-corrected chi connectivity index (χ4v) is 3.94. The van der Waals surface area contributed by atoms with Crippen molar-refractivity contribution in [3.05, 3.63) is 34.1 Å². The molecule has 2 N–H and O–H groups in total. The molecule has 0 aromatic heterocycles. The maximum absolute atomic E-state index is 13.8. The molecule has 2 aliphatic carbocycles. The first-order chi connectivity index (χ1) is 8.18. The Morgan fingerprint density at radius 1 is 1.24 bits per heavy atom. The van der Waals surface area contributed by atoms with Crippen LogP contribution in [0.15, 0.2) is 22.7 Å². The zero-order valence-electron chi connectivity index (χ0n) is 9.70. The van der Waals surface area contributed by atoms with E-state index in [-0.39, 0.29) is 11.9 Å². The summed E-state index contributed by atoms with van der Waals surface area (Å²) in [6.45, 7) is 0. The van der Waals surface area contributed by atoms with Gasteiger partial charge >= 0.3 is 0 Å². The SMILES string of the molecule is NC(c1cc(Br)ccc1F)C1C2CCCCC21. The molecule has 3 heteroatoms. The molecular formula is C14H17BrFN. The zero-order valence-corrected chi connectivity index (χ0v) is 11.3. The molecule has 2 aliphatic rings. The standard InChI is InChI=1S/C14H17BrFN/c15-8-5-6-12(16)11(7-8)14(17)13-9-3-1-2-4-10(9)13/h5-7,9-10,13-14H,1-4,17H2. The molecule has 0 radical (unpaired) electrons. The van der Waals surface area contributed by atoms with E-state index >= 15 is 0 Å². The average Bonchev–Trinajstić information content (AvgIpc) is 3.05. The second-order valence-corrected chi connectivity index (χ2v) is 6.30. The number of rotatable bonds is 2. The second-order valence-electron chi connectivity index (χ2n) is 5.38. The van der Waals surface area contributed by atoms with E-state index in [1.165, 1.54) is 31.7 Å². The van der Waals surface area contributed by atoms with Crippen molar-refractivity contribution < 1.29 is 4.39 Å². The van der Waals surface area contributed by atoms with Crippen LogP contribution in [-0.4, -0.2) is 0 Å². The first-order valence-electron chi connectivity index (χ1n) is 6.39. The minimum absolute atomic E-state index is 0.124.